The van der Waals surface area contributed by atoms with Crippen molar-refractivity contribution >= 4 is 28.2 Å². The standard InChI is InChI=1S/C16H23N3O2S2/c1-4-17-15-18-19-16(23-15)22-10-12(20)9-21-14-8-6-5-7-13(14)11(2)3/h5-8,11-12,20H,4,9-10H2,1-3H3,(H,17,18)/t12-/m1/s1. The number of hydrogen-bond donors (Lipinski definition) is 2. The third-order valence-electron chi connectivity index (χ3n) is 3.11. The summed E-state index contributed by atoms with van der Waals surface area (Å²) in [6.07, 6.45) is -0.549. The van der Waals surface area contributed by atoms with E-state index in [4.69, 9.17) is 4.74 Å². The fourth-order valence-corrected chi connectivity index (χ4v) is 3.73. The van der Waals surface area contributed by atoms with Gasteiger partial charge in [0.2, 0.25) is 5.13 Å². The average molecular weight is 354 g/mol. The van der Waals surface area contributed by atoms with Gasteiger partial charge in [-0.1, -0.05) is 55.1 Å². The lowest BCUT2D eigenvalue weighted by atomic mass is 10.0. The Balaban J connectivity index is 1.80. The third kappa shape index (κ3) is 5.67. The second-order valence-corrected chi connectivity index (χ2v) is 7.62. The highest BCUT2D eigenvalue weighted by molar-refractivity contribution is 8.01. The van der Waals surface area contributed by atoms with Crippen molar-refractivity contribution in [3.05, 3.63) is 29.8 Å². The quantitative estimate of drug-likeness (QED) is 0.671. The zero-order valence-corrected chi connectivity index (χ0v) is 15.3. The lowest BCUT2D eigenvalue weighted by Crippen LogP contribution is -2.20. The van der Waals surface area contributed by atoms with Crippen LogP contribution in [0.15, 0.2) is 28.6 Å². The maximum atomic E-state index is 10.1. The van der Waals surface area contributed by atoms with Gasteiger partial charge in [0.25, 0.3) is 0 Å². The Morgan fingerprint density at radius 2 is 2.09 bits per heavy atom. The van der Waals surface area contributed by atoms with Crippen LogP contribution in [0.1, 0.15) is 32.3 Å². The number of thioether (sulfide) groups is 1. The molecule has 2 rings (SSSR count). The number of aliphatic hydroxyl groups is 1. The highest BCUT2D eigenvalue weighted by Crippen LogP contribution is 2.27. The Hall–Kier alpha value is -1.31. The molecule has 0 amide bonds. The predicted molar refractivity (Wildman–Crippen MR) is 96.8 cm³/mol. The molecule has 0 saturated carbocycles. The fourth-order valence-electron chi connectivity index (χ4n) is 1.98. The molecule has 2 N–H and O–H groups in total. The molecule has 0 spiro atoms. The SMILES string of the molecule is CCNc1nnc(SC[C@H](O)COc2ccccc2C(C)C)s1. The van der Waals surface area contributed by atoms with Gasteiger partial charge in [0.15, 0.2) is 4.34 Å². The van der Waals surface area contributed by atoms with Crippen molar-refractivity contribution in [2.45, 2.75) is 37.1 Å². The van der Waals surface area contributed by atoms with Gasteiger partial charge in [-0.15, -0.1) is 10.2 Å². The van der Waals surface area contributed by atoms with Gasteiger partial charge in [-0.3, -0.25) is 0 Å². The van der Waals surface area contributed by atoms with Crippen molar-refractivity contribution in [3.8, 4) is 5.75 Å². The highest BCUT2D eigenvalue weighted by atomic mass is 32.2. The number of ether oxygens (including phenoxy) is 1. The number of nitrogens with one attached hydrogen (secondary N) is 1. The molecule has 126 valence electrons. The van der Waals surface area contributed by atoms with Gasteiger partial charge in [-0.05, 0) is 24.5 Å². The minimum atomic E-state index is -0.549. The second kappa shape index (κ2) is 9.10. The van der Waals surface area contributed by atoms with Crippen LogP contribution in [0.2, 0.25) is 0 Å². The molecule has 0 aliphatic rings. The molecule has 0 unspecified atom stereocenters. The molecule has 0 saturated heterocycles. The van der Waals surface area contributed by atoms with Crippen molar-refractivity contribution in [2.24, 2.45) is 0 Å². The van der Waals surface area contributed by atoms with Crippen LogP contribution in [-0.2, 0) is 0 Å². The third-order valence-corrected chi connectivity index (χ3v) is 5.27. The molecule has 1 atom stereocenters. The van der Waals surface area contributed by atoms with Gasteiger partial charge < -0.3 is 15.2 Å². The van der Waals surface area contributed by atoms with Gasteiger partial charge >= 0.3 is 0 Å². The van der Waals surface area contributed by atoms with E-state index in [1.165, 1.54) is 23.1 Å². The highest BCUT2D eigenvalue weighted by Gasteiger charge is 2.12. The van der Waals surface area contributed by atoms with Crippen LogP contribution in [0.5, 0.6) is 5.75 Å². The van der Waals surface area contributed by atoms with Crippen LogP contribution in [0.4, 0.5) is 5.13 Å². The lowest BCUT2D eigenvalue weighted by Gasteiger charge is -2.16. The van der Waals surface area contributed by atoms with Crippen molar-refractivity contribution in [2.75, 3.05) is 24.2 Å². The summed E-state index contributed by atoms with van der Waals surface area (Å²) in [6, 6.07) is 7.96. The van der Waals surface area contributed by atoms with Crippen LogP contribution in [0.25, 0.3) is 0 Å². The van der Waals surface area contributed by atoms with Crippen LogP contribution < -0.4 is 10.1 Å². The molecular formula is C16H23N3O2S2. The van der Waals surface area contributed by atoms with E-state index in [-0.39, 0.29) is 6.61 Å². The number of benzene rings is 1. The Labute approximate surface area is 145 Å². The number of aliphatic hydroxyl groups excluding tert-OH is 1. The van der Waals surface area contributed by atoms with Gasteiger partial charge in [0.05, 0.1) is 6.10 Å². The normalized spacial score (nSPS) is 12.4. The van der Waals surface area contributed by atoms with E-state index in [0.717, 1.165) is 27.3 Å². The van der Waals surface area contributed by atoms with Crippen molar-refractivity contribution in [1.82, 2.24) is 10.2 Å². The van der Waals surface area contributed by atoms with E-state index in [9.17, 15) is 5.11 Å². The Kier molecular flexibility index (Phi) is 7.14. The van der Waals surface area contributed by atoms with Crippen LogP contribution >= 0.6 is 23.1 Å². The summed E-state index contributed by atoms with van der Waals surface area (Å²) in [6.45, 7) is 7.38. The van der Waals surface area contributed by atoms with Gasteiger partial charge in [-0.25, -0.2) is 0 Å². The maximum absolute atomic E-state index is 10.1. The number of rotatable bonds is 9. The summed E-state index contributed by atoms with van der Waals surface area (Å²) in [4.78, 5) is 0. The molecule has 7 heteroatoms. The summed E-state index contributed by atoms with van der Waals surface area (Å²) in [5, 5.41) is 22.2. The van der Waals surface area contributed by atoms with Gasteiger partial charge in [-0.2, -0.15) is 0 Å². The summed E-state index contributed by atoms with van der Waals surface area (Å²) in [5.74, 6) is 1.77. The predicted octanol–water partition coefficient (Wildman–Crippen LogP) is 3.63. The topological polar surface area (TPSA) is 67.3 Å². The molecule has 0 aliphatic heterocycles. The Morgan fingerprint density at radius 1 is 1.30 bits per heavy atom. The first kappa shape index (κ1) is 18.0. The second-order valence-electron chi connectivity index (χ2n) is 5.37. The monoisotopic (exact) mass is 353 g/mol. The first-order valence-electron chi connectivity index (χ1n) is 7.70. The number of hydrogen-bond acceptors (Lipinski definition) is 7. The number of aromatic nitrogens is 2. The molecule has 0 aliphatic carbocycles. The van der Waals surface area contributed by atoms with E-state index in [0.29, 0.717) is 11.7 Å². The summed E-state index contributed by atoms with van der Waals surface area (Å²) >= 11 is 2.99. The van der Waals surface area contributed by atoms with E-state index >= 15 is 0 Å². The average Bonchev–Trinajstić information content (AvgIpc) is 2.99. The van der Waals surface area contributed by atoms with Crippen LogP contribution in [0.3, 0.4) is 0 Å². The maximum Gasteiger partial charge on any atom is 0.206 e. The van der Waals surface area contributed by atoms with E-state index < -0.39 is 6.10 Å². The molecular weight excluding hydrogens is 330 g/mol. The summed E-state index contributed by atoms with van der Waals surface area (Å²) in [5.41, 5.74) is 1.16. The van der Waals surface area contributed by atoms with Crippen molar-refractivity contribution in [3.63, 3.8) is 0 Å². The molecule has 0 radical (unpaired) electrons. The minimum absolute atomic E-state index is 0.273. The number of nitrogens with zero attached hydrogens (tertiary/aromatic N) is 2. The first-order valence-corrected chi connectivity index (χ1v) is 9.50. The molecule has 2 aromatic rings. The number of para-hydroxylation sites is 1. The van der Waals surface area contributed by atoms with Crippen LogP contribution in [0, 0.1) is 0 Å². The molecule has 1 aromatic heterocycles. The van der Waals surface area contributed by atoms with E-state index in [1.54, 1.807) is 0 Å². The molecule has 0 bridgehead atoms. The van der Waals surface area contributed by atoms with Crippen LogP contribution in [-0.4, -0.2) is 40.3 Å². The molecule has 23 heavy (non-hydrogen) atoms. The Bertz CT molecular complexity index is 605. The van der Waals surface area contributed by atoms with Gasteiger partial charge in [0, 0.05) is 12.3 Å². The van der Waals surface area contributed by atoms with E-state index in [1.807, 2.05) is 25.1 Å². The largest absolute Gasteiger partial charge is 0.491 e. The summed E-state index contributed by atoms with van der Waals surface area (Å²) < 4.78 is 6.63. The van der Waals surface area contributed by atoms with Gasteiger partial charge in [0.1, 0.15) is 12.4 Å². The number of anilines is 1. The van der Waals surface area contributed by atoms with Crippen molar-refractivity contribution in [1.29, 1.82) is 0 Å². The van der Waals surface area contributed by atoms with Crippen molar-refractivity contribution < 1.29 is 9.84 Å². The first-order chi connectivity index (χ1) is 11.1. The zero-order chi connectivity index (χ0) is 16.7. The minimum Gasteiger partial charge on any atom is -0.491 e. The van der Waals surface area contributed by atoms with E-state index in [2.05, 4.69) is 35.4 Å². The zero-order valence-electron chi connectivity index (χ0n) is 13.7. The fraction of sp³-hybridized carbons (Fsp3) is 0.500. The smallest absolute Gasteiger partial charge is 0.206 e. The Morgan fingerprint density at radius 3 is 2.83 bits per heavy atom. The molecule has 5 nitrogen and oxygen atoms in total. The molecule has 0 fully saturated rings. The molecule has 1 heterocycles. The lowest BCUT2D eigenvalue weighted by molar-refractivity contribution is 0.125. The molecule has 1 aromatic carbocycles. The summed E-state index contributed by atoms with van der Waals surface area (Å²) in [7, 11) is 0.